The highest BCUT2D eigenvalue weighted by atomic mass is 19.1. The minimum atomic E-state index is -1.21. The summed E-state index contributed by atoms with van der Waals surface area (Å²) in [5.41, 5.74) is -0.116. The fraction of sp³-hybridized carbons (Fsp3) is 0.417. The molecule has 2 N–H and O–H groups in total. The van der Waals surface area contributed by atoms with E-state index in [2.05, 4.69) is 15.0 Å². The summed E-state index contributed by atoms with van der Waals surface area (Å²) < 4.78 is 17.7. The van der Waals surface area contributed by atoms with Gasteiger partial charge in [-0.2, -0.15) is 0 Å². The Morgan fingerprint density at radius 2 is 2.26 bits per heavy atom. The molecule has 104 valence electrons. The van der Waals surface area contributed by atoms with Gasteiger partial charge in [0.25, 0.3) is 0 Å². The number of hydrogen-bond acceptors (Lipinski definition) is 6. The molecule has 0 fully saturated rings. The smallest absolute Gasteiger partial charge is 0.331 e. The maximum absolute atomic E-state index is 13.1. The SMILES string of the molecule is CCCNC(C(=O)OC)C(=O)c1cnc(O)c(F)c1. The van der Waals surface area contributed by atoms with Crippen molar-refractivity contribution in [2.24, 2.45) is 0 Å². The highest BCUT2D eigenvalue weighted by Crippen LogP contribution is 2.14. The number of nitrogens with one attached hydrogen (secondary N) is 1. The van der Waals surface area contributed by atoms with Gasteiger partial charge in [-0.3, -0.25) is 10.1 Å². The second kappa shape index (κ2) is 6.79. The molecule has 0 saturated carbocycles. The number of aromatic hydroxyl groups is 1. The molecule has 1 aromatic rings. The van der Waals surface area contributed by atoms with E-state index >= 15 is 0 Å². The van der Waals surface area contributed by atoms with Gasteiger partial charge >= 0.3 is 5.97 Å². The minimum absolute atomic E-state index is 0.116. The normalized spacial score (nSPS) is 11.9. The zero-order valence-electron chi connectivity index (χ0n) is 10.6. The van der Waals surface area contributed by atoms with Crippen LogP contribution in [0.3, 0.4) is 0 Å². The first-order valence-corrected chi connectivity index (χ1v) is 5.71. The number of carbonyl (C=O) groups is 2. The number of Topliss-reactive ketones (excluding diaryl/α,β-unsaturated/α-hetero) is 1. The fourth-order valence-corrected chi connectivity index (χ4v) is 1.42. The van der Waals surface area contributed by atoms with Crippen LogP contribution < -0.4 is 5.32 Å². The molecule has 7 heteroatoms. The molecule has 0 spiro atoms. The van der Waals surface area contributed by atoms with Gasteiger partial charge in [0, 0.05) is 11.8 Å². The van der Waals surface area contributed by atoms with Gasteiger partial charge in [-0.05, 0) is 19.0 Å². The summed E-state index contributed by atoms with van der Waals surface area (Å²) in [6.07, 6.45) is 1.72. The quantitative estimate of drug-likeness (QED) is 0.448. The number of halogens is 1. The minimum Gasteiger partial charge on any atom is -0.491 e. The van der Waals surface area contributed by atoms with E-state index in [1.165, 1.54) is 0 Å². The van der Waals surface area contributed by atoms with Crippen LogP contribution in [-0.4, -0.2) is 41.5 Å². The third-order valence-corrected chi connectivity index (χ3v) is 2.40. The summed E-state index contributed by atoms with van der Waals surface area (Å²) in [5, 5.41) is 11.7. The molecular weight excluding hydrogens is 255 g/mol. The Bertz CT molecular complexity index is 479. The van der Waals surface area contributed by atoms with Gasteiger partial charge in [-0.1, -0.05) is 6.92 Å². The molecule has 1 rings (SSSR count). The zero-order chi connectivity index (χ0) is 14.4. The lowest BCUT2D eigenvalue weighted by molar-refractivity contribution is -0.141. The fourth-order valence-electron chi connectivity index (χ4n) is 1.42. The number of ether oxygens (including phenoxy) is 1. The summed E-state index contributed by atoms with van der Waals surface area (Å²) in [6, 6.07) is -0.385. The van der Waals surface area contributed by atoms with E-state index in [1.807, 2.05) is 6.92 Å². The summed E-state index contributed by atoms with van der Waals surface area (Å²) in [6.45, 7) is 2.30. The lowest BCUT2D eigenvalue weighted by Crippen LogP contribution is -2.44. The van der Waals surface area contributed by atoms with Crippen molar-refractivity contribution in [3.05, 3.63) is 23.6 Å². The topological polar surface area (TPSA) is 88.5 Å². The second-order valence-electron chi connectivity index (χ2n) is 3.80. The molecule has 0 aliphatic carbocycles. The molecule has 1 unspecified atom stereocenters. The predicted octanol–water partition coefficient (Wildman–Crippen LogP) is 0.650. The number of methoxy groups -OCH3 is 1. The number of pyridine rings is 1. The molecule has 1 heterocycles. The maximum atomic E-state index is 13.1. The number of hydrogen-bond donors (Lipinski definition) is 2. The van der Waals surface area contributed by atoms with Crippen LogP contribution in [0.25, 0.3) is 0 Å². The molecule has 6 nitrogen and oxygen atoms in total. The molecule has 0 aliphatic rings. The monoisotopic (exact) mass is 270 g/mol. The van der Waals surface area contributed by atoms with Crippen LogP contribution in [-0.2, 0) is 9.53 Å². The van der Waals surface area contributed by atoms with Crippen molar-refractivity contribution in [2.75, 3.05) is 13.7 Å². The Morgan fingerprint density at radius 1 is 1.58 bits per heavy atom. The van der Waals surface area contributed by atoms with Crippen LogP contribution in [0.15, 0.2) is 12.3 Å². The van der Waals surface area contributed by atoms with Crippen molar-refractivity contribution in [3.8, 4) is 5.88 Å². The molecule has 1 aromatic heterocycles. The summed E-state index contributed by atoms with van der Waals surface area (Å²) >= 11 is 0. The zero-order valence-corrected chi connectivity index (χ0v) is 10.6. The predicted molar refractivity (Wildman–Crippen MR) is 64.3 cm³/mol. The molecule has 0 bridgehead atoms. The molecule has 0 radical (unpaired) electrons. The van der Waals surface area contributed by atoms with E-state index in [9.17, 15) is 14.0 Å². The highest BCUT2D eigenvalue weighted by molar-refractivity contribution is 6.11. The van der Waals surface area contributed by atoms with E-state index in [0.29, 0.717) is 13.0 Å². The third-order valence-electron chi connectivity index (χ3n) is 2.40. The molecule has 0 aliphatic heterocycles. The average Bonchev–Trinajstić information content (AvgIpc) is 2.41. The summed E-state index contributed by atoms with van der Waals surface area (Å²) in [4.78, 5) is 26.9. The summed E-state index contributed by atoms with van der Waals surface area (Å²) in [5.74, 6) is -3.24. The Morgan fingerprint density at radius 3 is 2.79 bits per heavy atom. The molecular formula is C12H15FN2O4. The average molecular weight is 270 g/mol. The third kappa shape index (κ3) is 3.72. The van der Waals surface area contributed by atoms with Crippen molar-refractivity contribution >= 4 is 11.8 Å². The molecule has 0 amide bonds. The van der Waals surface area contributed by atoms with Gasteiger partial charge in [0.1, 0.15) is 0 Å². The van der Waals surface area contributed by atoms with Crippen molar-refractivity contribution < 1.29 is 23.8 Å². The number of rotatable bonds is 6. The number of esters is 1. The number of nitrogens with zero attached hydrogens (tertiary/aromatic N) is 1. The standard InChI is InChI=1S/C12H15FN2O4/c1-3-4-14-9(12(18)19-2)10(16)7-5-8(13)11(17)15-6-7/h5-6,9,14H,3-4H2,1-2H3,(H,15,17). The van der Waals surface area contributed by atoms with E-state index in [1.54, 1.807) is 0 Å². The largest absolute Gasteiger partial charge is 0.491 e. The highest BCUT2D eigenvalue weighted by Gasteiger charge is 2.28. The Labute approximate surface area is 109 Å². The van der Waals surface area contributed by atoms with Crippen molar-refractivity contribution in [2.45, 2.75) is 19.4 Å². The van der Waals surface area contributed by atoms with Gasteiger partial charge in [0.05, 0.1) is 7.11 Å². The van der Waals surface area contributed by atoms with Crippen molar-refractivity contribution in [3.63, 3.8) is 0 Å². The van der Waals surface area contributed by atoms with Gasteiger partial charge in [-0.25, -0.2) is 14.2 Å². The Kier molecular flexibility index (Phi) is 5.37. The van der Waals surface area contributed by atoms with Crippen molar-refractivity contribution in [1.29, 1.82) is 0 Å². The van der Waals surface area contributed by atoms with E-state index in [-0.39, 0.29) is 5.56 Å². The van der Waals surface area contributed by atoms with Crippen LogP contribution >= 0.6 is 0 Å². The second-order valence-corrected chi connectivity index (χ2v) is 3.80. The number of carbonyl (C=O) groups excluding carboxylic acids is 2. The maximum Gasteiger partial charge on any atom is 0.331 e. The summed E-state index contributed by atoms with van der Waals surface area (Å²) in [7, 11) is 1.16. The lowest BCUT2D eigenvalue weighted by atomic mass is 10.1. The van der Waals surface area contributed by atoms with Gasteiger partial charge in [0.2, 0.25) is 5.88 Å². The Hall–Kier alpha value is -2.02. The lowest BCUT2D eigenvalue weighted by Gasteiger charge is -2.14. The van der Waals surface area contributed by atoms with E-state index < -0.39 is 29.5 Å². The van der Waals surface area contributed by atoms with Crippen LogP contribution in [0.1, 0.15) is 23.7 Å². The van der Waals surface area contributed by atoms with Gasteiger partial charge in [0.15, 0.2) is 17.6 Å². The van der Waals surface area contributed by atoms with Crippen LogP contribution in [0.4, 0.5) is 4.39 Å². The first kappa shape index (κ1) is 15.0. The Balaban J connectivity index is 2.97. The first-order valence-electron chi connectivity index (χ1n) is 5.71. The van der Waals surface area contributed by atoms with Crippen LogP contribution in [0.5, 0.6) is 5.88 Å². The van der Waals surface area contributed by atoms with Gasteiger partial charge < -0.3 is 9.84 Å². The molecule has 1 atom stereocenters. The number of aromatic nitrogens is 1. The number of ketones is 1. The van der Waals surface area contributed by atoms with E-state index in [4.69, 9.17) is 5.11 Å². The van der Waals surface area contributed by atoms with Gasteiger partial charge in [-0.15, -0.1) is 0 Å². The van der Waals surface area contributed by atoms with Crippen LogP contribution in [0, 0.1) is 5.82 Å². The molecule has 19 heavy (non-hydrogen) atoms. The first-order chi connectivity index (χ1) is 9.01. The van der Waals surface area contributed by atoms with Crippen molar-refractivity contribution in [1.82, 2.24) is 10.3 Å². The van der Waals surface area contributed by atoms with E-state index in [0.717, 1.165) is 19.4 Å². The van der Waals surface area contributed by atoms with Crippen LogP contribution in [0.2, 0.25) is 0 Å². The molecule has 0 saturated heterocycles. The molecule has 0 aromatic carbocycles.